The third kappa shape index (κ3) is 20.6. The van der Waals surface area contributed by atoms with E-state index in [1.54, 1.807) is 21.3 Å². The van der Waals surface area contributed by atoms with E-state index in [1.165, 1.54) is 103 Å². The Hall–Kier alpha value is -0.433. The summed E-state index contributed by atoms with van der Waals surface area (Å²) in [5.41, 5.74) is 0. The number of unbranched alkanes of at least 4 members (excludes halogenated alkanes) is 17. The zero-order chi connectivity index (χ0) is 24.5. The van der Waals surface area contributed by atoms with Crippen molar-refractivity contribution in [2.24, 2.45) is 0 Å². The van der Waals surface area contributed by atoms with E-state index in [1.807, 2.05) is 0 Å². The number of rotatable bonds is 26. The summed E-state index contributed by atoms with van der Waals surface area (Å²) >= 11 is 0. The van der Waals surface area contributed by atoms with E-state index >= 15 is 0 Å². The number of nitrogens with one attached hydrogen (secondary N) is 1. The molecule has 0 rings (SSSR count). The summed E-state index contributed by atoms with van der Waals surface area (Å²) in [6, 6.07) is 0.753. The van der Waals surface area contributed by atoms with Gasteiger partial charge in [0.05, 0.1) is 0 Å². The number of hydrogen-bond donors (Lipinski definition) is 1. The van der Waals surface area contributed by atoms with Gasteiger partial charge in [0.2, 0.25) is 5.91 Å². The van der Waals surface area contributed by atoms with Crippen LogP contribution in [0.3, 0.4) is 0 Å². The SMILES string of the molecule is CCCCCCCCCCCCCCCCCCCNC(=O)CCCC[Si](OC)(OC)OC. The molecule has 1 N–H and O–H groups in total. The van der Waals surface area contributed by atoms with Crippen molar-refractivity contribution in [1.82, 2.24) is 5.32 Å². The summed E-state index contributed by atoms with van der Waals surface area (Å²) in [6.07, 6.45) is 25.7. The largest absolute Gasteiger partial charge is 0.500 e. The van der Waals surface area contributed by atoms with E-state index in [0.717, 1.165) is 31.9 Å². The zero-order valence-electron chi connectivity index (χ0n) is 22.7. The molecule has 0 fully saturated rings. The van der Waals surface area contributed by atoms with Crippen molar-refractivity contribution in [2.75, 3.05) is 27.9 Å². The molecule has 33 heavy (non-hydrogen) atoms. The minimum atomic E-state index is -2.49. The average molecular weight is 488 g/mol. The maximum absolute atomic E-state index is 12.0. The Balaban J connectivity index is 3.29. The maximum atomic E-state index is 12.0. The molecular weight excluding hydrogens is 430 g/mol. The fourth-order valence-electron chi connectivity index (χ4n) is 4.35. The van der Waals surface area contributed by atoms with Crippen LogP contribution in [0.25, 0.3) is 0 Å². The second kappa shape index (κ2) is 24.7. The lowest BCUT2D eigenvalue weighted by atomic mass is 10.0. The molecule has 0 radical (unpaired) electrons. The Kier molecular flexibility index (Phi) is 24.4. The first-order valence-corrected chi connectivity index (χ1v) is 16.0. The van der Waals surface area contributed by atoms with Gasteiger partial charge >= 0.3 is 8.80 Å². The van der Waals surface area contributed by atoms with Gasteiger partial charge in [0.15, 0.2) is 0 Å². The van der Waals surface area contributed by atoms with Crippen molar-refractivity contribution in [1.29, 1.82) is 0 Å². The van der Waals surface area contributed by atoms with Crippen LogP contribution < -0.4 is 5.32 Å². The standard InChI is InChI=1S/C27H57NO4Si/c1-5-6-7-8-9-10-11-12-13-14-15-16-17-18-19-20-22-25-28-27(29)24-21-23-26-33(30-2,31-3)32-4/h5-26H2,1-4H3,(H,28,29). The zero-order valence-corrected chi connectivity index (χ0v) is 23.7. The van der Waals surface area contributed by atoms with Crippen molar-refractivity contribution in [3.05, 3.63) is 0 Å². The summed E-state index contributed by atoms with van der Waals surface area (Å²) in [5.74, 6) is 0.158. The first-order chi connectivity index (χ1) is 16.1. The third-order valence-electron chi connectivity index (χ3n) is 6.67. The molecule has 0 spiro atoms. The monoisotopic (exact) mass is 487 g/mol. The van der Waals surface area contributed by atoms with Crippen LogP contribution in [0.1, 0.15) is 135 Å². The quantitative estimate of drug-likeness (QED) is 0.0998. The summed E-state index contributed by atoms with van der Waals surface area (Å²) in [5, 5.41) is 3.05. The van der Waals surface area contributed by atoms with E-state index in [4.69, 9.17) is 13.3 Å². The predicted octanol–water partition coefficient (Wildman–Crippen LogP) is 7.80. The van der Waals surface area contributed by atoms with Crippen LogP contribution >= 0.6 is 0 Å². The van der Waals surface area contributed by atoms with E-state index in [-0.39, 0.29) is 5.91 Å². The molecule has 1 amide bonds. The first-order valence-electron chi connectivity index (χ1n) is 14.1. The van der Waals surface area contributed by atoms with Gasteiger partial charge < -0.3 is 18.6 Å². The molecule has 0 atom stereocenters. The van der Waals surface area contributed by atoms with Crippen LogP contribution in [-0.4, -0.2) is 42.6 Å². The highest BCUT2D eigenvalue weighted by Gasteiger charge is 2.36. The van der Waals surface area contributed by atoms with Crippen molar-refractivity contribution in [2.45, 2.75) is 141 Å². The van der Waals surface area contributed by atoms with Gasteiger partial charge in [0.25, 0.3) is 0 Å². The summed E-state index contributed by atoms with van der Waals surface area (Å²) < 4.78 is 16.2. The topological polar surface area (TPSA) is 56.8 Å². The summed E-state index contributed by atoms with van der Waals surface area (Å²) in [4.78, 5) is 12.0. The van der Waals surface area contributed by atoms with Gasteiger partial charge in [-0.3, -0.25) is 4.79 Å². The molecule has 5 nitrogen and oxygen atoms in total. The third-order valence-corrected chi connectivity index (χ3v) is 9.50. The molecule has 0 aliphatic carbocycles. The van der Waals surface area contributed by atoms with Gasteiger partial charge in [0, 0.05) is 40.3 Å². The molecule has 0 aromatic rings. The Bertz CT molecular complexity index is 411. The van der Waals surface area contributed by atoms with E-state index in [9.17, 15) is 4.79 Å². The fourth-order valence-corrected chi connectivity index (χ4v) is 6.14. The van der Waals surface area contributed by atoms with Gasteiger partial charge in [-0.25, -0.2) is 0 Å². The van der Waals surface area contributed by atoms with Gasteiger partial charge in [-0.1, -0.05) is 110 Å². The number of hydrogen-bond acceptors (Lipinski definition) is 4. The Morgan fingerprint density at radius 3 is 1.36 bits per heavy atom. The van der Waals surface area contributed by atoms with Crippen molar-refractivity contribution in [3.63, 3.8) is 0 Å². The predicted molar refractivity (Wildman–Crippen MR) is 143 cm³/mol. The number of carbonyl (C=O) groups excluding carboxylic acids is 1. The second-order valence-electron chi connectivity index (χ2n) is 9.51. The molecule has 0 bridgehead atoms. The van der Waals surface area contributed by atoms with Crippen molar-refractivity contribution >= 4 is 14.7 Å². The van der Waals surface area contributed by atoms with E-state index < -0.39 is 8.80 Å². The number of amides is 1. The molecule has 0 heterocycles. The first kappa shape index (κ1) is 32.6. The van der Waals surface area contributed by atoms with Gasteiger partial charge in [-0.05, 0) is 19.3 Å². The molecule has 0 aliphatic rings. The summed E-state index contributed by atoms with van der Waals surface area (Å²) in [6.45, 7) is 3.10. The Morgan fingerprint density at radius 2 is 0.970 bits per heavy atom. The highest BCUT2D eigenvalue weighted by molar-refractivity contribution is 6.60. The minimum Gasteiger partial charge on any atom is -0.377 e. The number of carbonyl (C=O) groups is 1. The second-order valence-corrected chi connectivity index (χ2v) is 12.6. The van der Waals surface area contributed by atoms with Crippen molar-refractivity contribution in [3.8, 4) is 0 Å². The lowest BCUT2D eigenvalue weighted by molar-refractivity contribution is -0.121. The Morgan fingerprint density at radius 1 is 0.576 bits per heavy atom. The molecule has 0 aliphatic heterocycles. The molecule has 0 saturated heterocycles. The van der Waals surface area contributed by atoms with Crippen LogP contribution in [0.15, 0.2) is 0 Å². The fraction of sp³-hybridized carbons (Fsp3) is 0.963. The van der Waals surface area contributed by atoms with E-state index in [0.29, 0.717) is 6.42 Å². The summed E-state index contributed by atoms with van der Waals surface area (Å²) in [7, 11) is 2.40. The lowest BCUT2D eigenvalue weighted by Gasteiger charge is -2.24. The van der Waals surface area contributed by atoms with Gasteiger partial charge in [-0.2, -0.15) is 0 Å². The van der Waals surface area contributed by atoms with E-state index in [2.05, 4.69) is 12.2 Å². The van der Waals surface area contributed by atoms with Crippen LogP contribution in [0.5, 0.6) is 0 Å². The molecular formula is C27H57NO4Si. The molecule has 198 valence electrons. The molecule has 0 saturated carbocycles. The smallest absolute Gasteiger partial charge is 0.377 e. The van der Waals surface area contributed by atoms with Crippen LogP contribution in [0.4, 0.5) is 0 Å². The van der Waals surface area contributed by atoms with Crippen LogP contribution in [0.2, 0.25) is 6.04 Å². The molecule has 0 aromatic carbocycles. The highest BCUT2D eigenvalue weighted by atomic mass is 28.4. The molecule has 0 aromatic heterocycles. The highest BCUT2D eigenvalue weighted by Crippen LogP contribution is 2.17. The van der Waals surface area contributed by atoms with Gasteiger partial charge in [-0.15, -0.1) is 0 Å². The Labute approximate surface area is 207 Å². The normalized spacial score (nSPS) is 11.8. The lowest BCUT2D eigenvalue weighted by Crippen LogP contribution is -2.42. The van der Waals surface area contributed by atoms with Crippen LogP contribution in [-0.2, 0) is 18.1 Å². The maximum Gasteiger partial charge on any atom is 0.500 e. The van der Waals surface area contributed by atoms with Crippen molar-refractivity contribution < 1.29 is 18.1 Å². The van der Waals surface area contributed by atoms with Gasteiger partial charge in [0.1, 0.15) is 0 Å². The minimum absolute atomic E-state index is 0.158. The molecule has 6 heteroatoms. The van der Waals surface area contributed by atoms with Crippen LogP contribution in [0, 0.1) is 0 Å². The molecule has 0 unspecified atom stereocenters. The average Bonchev–Trinajstić information content (AvgIpc) is 2.84.